The van der Waals surface area contributed by atoms with Crippen molar-refractivity contribution in [3.63, 3.8) is 0 Å². The Morgan fingerprint density at radius 1 is 1.42 bits per heavy atom. The zero-order chi connectivity index (χ0) is 14.5. The van der Waals surface area contributed by atoms with Crippen LogP contribution in [0.2, 0.25) is 0 Å². The van der Waals surface area contributed by atoms with E-state index in [2.05, 4.69) is 61.6 Å². The minimum Gasteiger partial charge on any atom is -0.395 e. The van der Waals surface area contributed by atoms with Gasteiger partial charge >= 0.3 is 0 Å². The van der Waals surface area contributed by atoms with Gasteiger partial charge in [-0.3, -0.25) is 0 Å². The normalized spacial score (nSPS) is 13.8. The molecule has 1 rings (SSSR count). The summed E-state index contributed by atoms with van der Waals surface area (Å²) in [5.74, 6) is 1.26. The number of nitrogens with one attached hydrogen (secondary N) is 1. The summed E-state index contributed by atoms with van der Waals surface area (Å²) < 4.78 is 4.45. The third kappa shape index (κ3) is 4.62. The molecule has 0 aliphatic rings. The van der Waals surface area contributed by atoms with E-state index in [1.54, 1.807) is 0 Å². The number of nitrogens with zero attached hydrogens (tertiary/aromatic N) is 2. The van der Waals surface area contributed by atoms with Crippen molar-refractivity contribution < 1.29 is 9.67 Å². The molecule has 1 aromatic rings. The molecule has 2 N–H and O–H groups in total. The number of aromatic nitrogens is 2. The number of hydrogen-bond acceptors (Lipinski definition) is 2. The Kier molecular flexibility index (Phi) is 6.01. The predicted molar refractivity (Wildman–Crippen MR) is 77.7 cm³/mol. The fraction of sp³-hybridized carbons (Fsp3) is 0.800. The first-order valence-corrected chi connectivity index (χ1v) is 7.28. The predicted octanol–water partition coefficient (Wildman–Crippen LogP) is 1.61. The zero-order valence-electron chi connectivity index (χ0n) is 13.1. The quantitative estimate of drug-likeness (QED) is 0.738. The SMILES string of the molecule is CCCCn1cc[n+](C)c1CN[C@H](CO)C(C)(C)C. The lowest BCUT2D eigenvalue weighted by molar-refractivity contribution is -0.679. The summed E-state index contributed by atoms with van der Waals surface area (Å²) in [6.07, 6.45) is 6.63. The minimum absolute atomic E-state index is 0.0637. The maximum atomic E-state index is 9.49. The number of aliphatic hydroxyl groups is 1. The smallest absolute Gasteiger partial charge is 0.270 e. The summed E-state index contributed by atoms with van der Waals surface area (Å²) in [5.41, 5.74) is 0.0637. The van der Waals surface area contributed by atoms with Crippen LogP contribution in [0.25, 0.3) is 0 Å². The van der Waals surface area contributed by atoms with Gasteiger partial charge in [-0.1, -0.05) is 34.1 Å². The fourth-order valence-electron chi connectivity index (χ4n) is 2.17. The third-order valence-corrected chi connectivity index (χ3v) is 3.70. The van der Waals surface area contributed by atoms with Gasteiger partial charge in [0.2, 0.25) is 0 Å². The highest BCUT2D eigenvalue weighted by atomic mass is 16.3. The summed E-state index contributed by atoms with van der Waals surface area (Å²) in [5, 5.41) is 13.0. The summed E-state index contributed by atoms with van der Waals surface area (Å²) in [4.78, 5) is 0. The number of unbranched alkanes of at least 4 members (excludes halogenated alkanes) is 1. The molecule has 0 aliphatic heterocycles. The van der Waals surface area contributed by atoms with Crippen molar-refractivity contribution in [3.05, 3.63) is 18.2 Å². The lowest BCUT2D eigenvalue weighted by Gasteiger charge is -2.29. The van der Waals surface area contributed by atoms with Crippen LogP contribution in [0.15, 0.2) is 12.4 Å². The molecule has 0 saturated heterocycles. The Morgan fingerprint density at radius 3 is 2.63 bits per heavy atom. The molecule has 0 fully saturated rings. The van der Waals surface area contributed by atoms with Gasteiger partial charge in [-0.15, -0.1) is 0 Å². The van der Waals surface area contributed by atoms with Gasteiger partial charge in [-0.2, -0.15) is 0 Å². The Labute approximate surface area is 117 Å². The minimum atomic E-state index is 0.0637. The molecular formula is C15H30N3O+. The number of hydrogen-bond donors (Lipinski definition) is 2. The highest BCUT2D eigenvalue weighted by Gasteiger charge is 2.25. The number of rotatable bonds is 7. The second-order valence-electron chi connectivity index (χ2n) is 6.35. The van der Waals surface area contributed by atoms with Gasteiger partial charge in [0.1, 0.15) is 12.4 Å². The summed E-state index contributed by atoms with van der Waals surface area (Å²) >= 11 is 0. The van der Waals surface area contributed by atoms with Crippen LogP contribution >= 0.6 is 0 Å². The largest absolute Gasteiger partial charge is 0.395 e. The Bertz CT molecular complexity index is 379. The first kappa shape index (κ1) is 16.2. The Morgan fingerprint density at radius 2 is 2.11 bits per heavy atom. The van der Waals surface area contributed by atoms with E-state index in [1.165, 1.54) is 18.7 Å². The molecule has 19 heavy (non-hydrogen) atoms. The van der Waals surface area contributed by atoms with Crippen LogP contribution in [-0.2, 0) is 20.1 Å². The second-order valence-corrected chi connectivity index (χ2v) is 6.35. The van der Waals surface area contributed by atoms with Gasteiger partial charge in [0.05, 0.1) is 26.7 Å². The van der Waals surface area contributed by atoms with Gasteiger partial charge in [0.25, 0.3) is 5.82 Å². The van der Waals surface area contributed by atoms with E-state index in [0.717, 1.165) is 13.1 Å². The van der Waals surface area contributed by atoms with Gasteiger partial charge in [0, 0.05) is 6.04 Å². The monoisotopic (exact) mass is 268 g/mol. The highest BCUT2D eigenvalue weighted by Crippen LogP contribution is 2.18. The molecule has 1 atom stereocenters. The summed E-state index contributed by atoms with van der Waals surface area (Å²) in [6, 6.07) is 0.113. The van der Waals surface area contributed by atoms with Crippen molar-refractivity contribution in [2.45, 2.75) is 59.7 Å². The molecule has 1 aromatic heterocycles. The van der Waals surface area contributed by atoms with Crippen LogP contribution in [0.1, 0.15) is 46.4 Å². The van der Waals surface area contributed by atoms with Crippen molar-refractivity contribution >= 4 is 0 Å². The average Bonchev–Trinajstić information content (AvgIpc) is 2.67. The third-order valence-electron chi connectivity index (χ3n) is 3.70. The number of aryl methyl sites for hydroxylation is 2. The molecule has 4 nitrogen and oxygen atoms in total. The number of imidazole rings is 1. The summed E-state index contributed by atoms with van der Waals surface area (Å²) in [6.45, 7) is 10.7. The van der Waals surface area contributed by atoms with E-state index < -0.39 is 0 Å². The van der Waals surface area contributed by atoms with E-state index >= 15 is 0 Å². The first-order chi connectivity index (χ1) is 8.90. The van der Waals surface area contributed by atoms with Crippen LogP contribution in [0.4, 0.5) is 0 Å². The molecule has 110 valence electrons. The molecule has 0 unspecified atom stereocenters. The average molecular weight is 268 g/mol. The van der Waals surface area contributed by atoms with Crippen LogP contribution in [-0.4, -0.2) is 22.3 Å². The van der Waals surface area contributed by atoms with Gasteiger partial charge in [-0.05, 0) is 11.8 Å². The number of aliphatic hydroxyl groups excluding tert-OH is 1. The maximum Gasteiger partial charge on any atom is 0.270 e. The standard InChI is InChI=1S/C15H30N3O/c1-6-7-8-18-10-9-17(5)14(18)11-16-13(12-19)15(2,3)4/h9-10,13,16,19H,6-8,11-12H2,1-5H3/q+1/t13-/m1/s1. The van der Waals surface area contributed by atoms with Crippen molar-refractivity contribution in [1.82, 2.24) is 9.88 Å². The van der Waals surface area contributed by atoms with E-state index in [1.807, 2.05) is 0 Å². The highest BCUT2D eigenvalue weighted by molar-refractivity contribution is 4.87. The van der Waals surface area contributed by atoms with Crippen molar-refractivity contribution in [2.24, 2.45) is 12.5 Å². The zero-order valence-corrected chi connectivity index (χ0v) is 13.1. The molecule has 0 aliphatic carbocycles. The lowest BCUT2D eigenvalue weighted by Crippen LogP contribution is -2.45. The summed E-state index contributed by atoms with van der Waals surface area (Å²) in [7, 11) is 2.07. The van der Waals surface area contributed by atoms with E-state index in [9.17, 15) is 5.11 Å². The molecule has 1 heterocycles. The van der Waals surface area contributed by atoms with Crippen LogP contribution < -0.4 is 9.88 Å². The van der Waals surface area contributed by atoms with E-state index in [-0.39, 0.29) is 18.1 Å². The molecule has 0 saturated carbocycles. The van der Waals surface area contributed by atoms with Crippen molar-refractivity contribution in [3.8, 4) is 0 Å². The molecule has 4 heteroatoms. The fourth-order valence-corrected chi connectivity index (χ4v) is 2.17. The Hall–Kier alpha value is -0.870. The topological polar surface area (TPSA) is 41.1 Å². The van der Waals surface area contributed by atoms with Crippen molar-refractivity contribution in [2.75, 3.05) is 6.61 Å². The van der Waals surface area contributed by atoms with Crippen LogP contribution in [0, 0.1) is 5.41 Å². The molecular weight excluding hydrogens is 238 g/mol. The Balaban J connectivity index is 2.68. The van der Waals surface area contributed by atoms with E-state index in [4.69, 9.17) is 0 Å². The molecule has 0 aromatic carbocycles. The maximum absolute atomic E-state index is 9.49. The van der Waals surface area contributed by atoms with Gasteiger partial charge < -0.3 is 10.4 Å². The first-order valence-electron chi connectivity index (χ1n) is 7.28. The molecule has 0 spiro atoms. The van der Waals surface area contributed by atoms with Gasteiger partial charge in [-0.25, -0.2) is 9.13 Å². The van der Waals surface area contributed by atoms with E-state index in [0.29, 0.717) is 0 Å². The molecule has 0 amide bonds. The lowest BCUT2D eigenvalue weighted by atomic mass is 9.87. The van der Waals surface area contributed by atoms with Crippen molar-refractivity contribution in [1.29, 1.82) is 0 Å². The molecule has 0 bridgehead atoms. The van der Waals surface area contributed by atoms with Crippen LogP contribution in [0.5, 0.6) is 0 Å². The molecule has 0 radical (unpaired) electrons. The van der Waals surface area contributed by atoms with Crippen LogP contribution in [0.3, 0.4) is 0 Å². The van der Waals surface area contributed by atoms with Gasteiger partial charge in [0.15, 0.2) is 0 Å². The second kappa shape index (κ2) is 7.06.